The van der Waals surface area contributed by atoms with Crippen LogP contribution in [0.5, 0.6) is 17.2 Å². The minimum Gasteiger partial charge on any atom is -0.494 e. The minimum absolute atomic E-state index is 0.111. The minimum atomic E-state index is -0.148. The number of hydrogen-bond donors (Lipinski definition) is 0. The Morgan fingerprint density at radius 1 is 0.958 bits per heavy atom. The summed E-state index contributed by atoms with van der Waals surface area (Å²) in [4.78, 5) is 12.2. The van der Waals surface area contributed by atoms with Crippen LogP contribution in [0.1, 0.15) is 29.8 Å². The van der Waals surface area contributed by atoms with Gasteiger partial charge in [0, 0.05) is 11.6 Å². The van der Waals surface area contributed by atoms with Crippen LogP contribution in [0.25, 0.3) is 0 Å². The summed E-state index contributed by atoms with van der Waals surface area (Å²) in [6.45, 7) is 4.65. The molecule has 0 bridgehead atoms. The number of ketones is 1. The number of hydrogen-bond acceptors (Lipinski definition) is 5. The average molecular weight is 325 g/mol. The molecule has 0 aliphatic carbocycles. The van der Waals surface area contributed by atoms with Crippen LogP contribution in [0.2, 0.25) is 0 Å². The molecule has 0 saturated carbocycles. The highest BCUT2D eigenvalue weighted by molar-refractivity contribution is 5.97. The fraction of sp³-hybridized carbons (Fsp3) is 0.263. The van der Waals surface area contributed by atoms with E-state index in [1.165, 1.54) is 0 Å². The van der Waals surface area contributed by atoms with Gasteiger partial charge < -0.3 is 14.2 Å². The van der Waals surface area contributed by atoms with Gasteiger partial charge in [0.05, 0.1) is 24.8 Å². The zero-order valence-corrected chi connectivity index (χ0v) is 13.7. The molecule has 0 fully saturated rings. The average Bonchev–Trinajstić information content (AvgIpc) is 2.61. The third-order valence-electron chi connectivity index (χ3n) is 3.22. The monoisotopic (exact) mass is 325 g/mol. The first-order valence-electron chi connectivity index (χ1n) is 7.73. The van der Waals surface area contributed by atoms with E-state index < -0.39 is 0 Å². The maximum Gasteiger partial charge on any atom is 0.200 e. The third kappa shape index (κ3) is 4.50. The maximum atomic E-state index is 12.2. The first-order valence-corrected chi connectivity index (χ1v) is 7.73. The lowest BCUT2D eigenvalue weighted by atomic mass is 10.1. The van der Waals surface area contributed by atoms with E-state index in [2.05, 4.69) is 0 Å². The first kappa shape index (κ1) is 17.4. The molecule has 2 rings (SSSR count). The van der Waals surface area contributed by atoms with Crippen molar-refractivity contribution in [2.24, 2.45) is 0 Å². The molecule has 0 aliphatic heterocycles. The summed E-state index contributed by atoms with van der Waals surface area (Å²) in [6, 6.07) is 13.8. The van der Waals surface area contributed by atoms with Crippen LogP contribution in [0.15, 0.2) is 42.5 Å². The molecule has 2 aromatic carbocycles. The van der Waals surface area contributed by atoms with Crippen molar-refractivity contribution in [3.05, 3.63) is 53.6 Å². The van der Waals surface area contributed by atoms with Gasteiger partial charge >= 0.3 is 0 Å². The molecular formula is C19H19NO4. The second kappa shape index (κ2) is 8.59. The van der Waals surface area contributed by atoms with Gasteiger partial charge in [0.1, 0.15) is 5.75 Å². The van der Waals surface area contributed by atoms with E-state index in [1.807, 2.05) is 19.9 Å². The number of benzene rings is 2. The van der Waals surface area contributed by atoms with Gasteiger partial charge in [0.2, 0.25) is 0 Å². The summed E-state index contributed by atoms with van der Waals surface area (Å²) in [5.41, 5.74) is 1.02. The molecule has 0 aromatic heterocycles. The zero-order valence-electron chi connectivity index (χ0n) is 13.7. The van der Waals surface area contributed by atoms with Gasteiger partial charge in [0.15, 0.2) is 23.9 Å². The van der Waals surface area contributed by atoms with E-state index in [1.54, 1.807) is 42.5 Å². The van der Waals surface area contributed by atoms with Gasteiger partial charge in [-0.2, -0.15) is 5.26 Å². The predicted molar refractivity (Wildman–Crippen MR) is 89.8 cm³/mol. The lowest BCUT2D eigenvalue weighted by Crippen LogP contribution is -2.12. The van der Waals surface area contributed by atoms with Crippen molar-refractivity contribution in [3.8, 4) is 23.3 Å². The SMILES string of the molecule is CCOc1ccc(C(=O)COc2ccc(C#N)cc2OCC)cc1. The second-order valence-corrected chi connectivity index (χ2v) is 4.88. The van der Waals surface area contributed by atoms with Crippen molar-refractivity contribution in [2.45, 2.75) is 13.8 Å². The van der Waals surface area contributed by atoms with Gasteiger partial charge in [-0.05, 0) is 50.2 Å². The summed E-state index contributed by atoms with van der Waals surface area (Å²) in [5.74, 6) is 1.47. The van der Waals surface area contributed by atoms with Crippen molar-refractivity contribution in [1.82, 2.24) is 0 Å². The fourth-order valence-electron chi connectivity index (χ4n) is 2.10. The van der Waals surface area contributed by atoms with Crippen molar-refractivity contribution in [3.63, 3.8) is 0 Å². The maximum absolute atomic E-state index is 12.2. The highest BCUT2D eigenvalue weighted by Crippen LogP contribution is 2.28. The molecule has 0 unspecified atom stereocenters. The predicted octanol–water partition coefficient (Wildman–Crippen LogP) is 3.62. The van der Waals surface area contributed by atoms with Crippen molar-refractivity contribution in [1.29, 1.82) is 5.26 Å². The number of carbonyl (C=O) groups is 1. The summed E-state index contributed by atoms with van der Waals surface area (Å²) in [6.07, 6.45) is 0. The molecule has 124 valence electrons. The molecule has 24 heavy (non-hydrogen) atoms. The number of carbonyl (C=O) groups excluding carboxylic acids is 1. The topological polar surface area (TPSA) is 68.5 Å². The largest absolute Gasteiger partial charge is 0.494 e. The second-order valence-electron chi connectivity index (χ2n) is 4.88. The number of rotatable bonds is 8. The number of ether oxygens (including phenoxy) is 3. The number of Topliss-reactive ketones (excluding diaryl/α,β-unsaturated/α-hetero) is 1. The van der Waals surface area contributed by atoms with Gasteiger partial charge in [0.25, 0.3) is 0 Å². The molecule has 0 amide bonds. The van der Waals surface area contributed by atoms with Gasteiger partial charge in [-0.3, -0.25) is 4.79 Å². The quantitative estimate of drug-likeness (QED) is 0.693. The standard InChI is InChI=1S/C19H19NO4/c1-3-22-16-8-6-15(7-9-16)17(21)13-24-18-10-5-14(12-20)11-19(18)23-4-2/h5-11H,3-4,13H2,1-2H3. The molecule has 2 aromatic rings. The molecule has 5 nitrogen and oxygen atoms in total. The van der Waals surface area contributed by atoms with Gasteiger partial charge in [-0.15, -0.1) is 0 Å². The van der Waals surface area contributed by atoms with Crippen molar-refractivity contribution in [2.75, 3.05) is 19.8 Å². The van der Waals surface area contributed by atoms with Crippen LogP contribution < -0.4 is 14.2 Å². The Morgan fingerprint density at radius 3 is 2.29 bits per heavy atom. The molecule has 5 heteroatoms. The Bertz CT molecular complexity index is 732. The van der Waals surface area contributed by atoms with Gasteiger partial charge in [-0.25, -0.2) is 0 Å². The Morgan fingerprint density at radius 2 is 1.67 bits per heavy atom. The van der Waals surface area contributed by atoms with Crippen LogP contribution in [-0.2, 0) is 0 Å². The van der Waals surface area contributed by atoms with E-state index in [-0.39, 0.29) is 12.4 Å². The lowest BCUT2D eigenvalue weighted by Gasteiger charge is -2.12. The molecule has 0 atom stereocenters. The molecular weight excluding hydrogens is 306 g/mol. The highest BCUT2D eigenvalue weighted by atomic mass is 16.5. The van der Waals surface area contributed by atoms with E-state index in [9.17, 15) is 4.79 Å². The lowest BCUT2D eigenvalue weighted by molar-refractivity contribution is 0.0919. The van der Waals surface area contributed by atoms with Crippen LogP contribution in [0.4, 0.5) is 0 Å². The van der Waals surface area contributed by atoms with Crippen molar-refractivity contribution >= 4 is 5.78 Å². The molecule has 0 saturated heterocycles. The van der Waals surface area contributed by atoms with E-state index >= 15 is 0 Å². The summed E-state index contributed by atoms with van der Waals surface area (Å²) >= 11 is 0. The highest BCUT2D eigenvalue weighted by Gasteiger charge is 2.11. The molecule has 0 aliphatic rings. The number of nitrogens with zero attached hydrogens (tertiary/aromatic N) is 1. The van der Waals surface area contributed by atoms with Gasteiger partial charge in [-0.1, -0.05) is 0 Å². The summed E-state index contributed by atoms with van der Waals surface area (Å²) in [7, 11) is 0. The summed E-state index contributed by atoms with van der Waals surface area (Å²) in [5, 5.41) is 8.94. The Kier molecular flexibility index (Phi) is 6.21. The summed E-state index contributed by atoms with van der Waals surface area (Å²) < 4.78 is 16.4. The molecule has 0 radical (unpaired) electrons. The van der Waals surface area contributed by atoms with Crippen LogP contribution in [0.3, 0.4) is 0 Å². The normalized spacial score (nSPS) is 9.88. The zero-order chi connectivity index (χ0) is 17.4. The first-order chi connectivity index (χ1) is 11.7. The van der Waals surface area contributed by atoms with E-state index in [0.29, 0.717) is 35.8 Å². The smallest absolute Gasteiger partial charge is 0.200 e. The van der Waals surface area contributed by atoms with Crippen LogP contribution in [-0.4, -0.2) is 25.6 Å². The Labute approximate surface area is 141 Å². The van der Waals surface area contributed by atoms with E-state index in [4.69, 9.17) is 19.5 Å². The fourth-order valence-corrected chi connectivity index (χ4v) is 2.10. The third-order valence-corrected chi connectivity index (χ3v) is 3.22. The van der Waals surface area contributed by atoms with E-state index in [0.717, 1.165) is 5.75 Å². The Hall–Kier alpha value is -3.00. The van der Waals surface area contributed by atoms with Crippen LogP contribution >= 0.6 is 0 Å². The molecule has 0 N–H and O–H groups in total. The van der Waals surface area contributed by atoms with Crippen molar-refractivity contribution < 1.29 is 19.0 Å². The number of nitriles is 1. The van der Waals surface area contributed by atoms with Crippen LogP contribution in [0, 0.1) is 11.3 Å². The molecule has 0 spiro atoms. The Balaban J connectivity index is 2.04. The molecule has 0 heterocycles.